The van der Waals surface area contributed by atoms with E-state index in [-0.39, 0.29) is 49.6 Å². The molecule has 20 heavy (non-hydrogen) atoms. The van der Waals surface area contributed by atoms with Crippen LogP contribution >= 0.6 is 49.6 Å². The number of nitrogens with two attached hydrogens (primary N) is 4. The van der Waals surface area contributed by atoms with Crippen LogP contribution in [-0.4, -0.2) is 0 Å². The van der Waals surface area contributed by atoms with Crippen LogP contribution in [0.15, 0.2) is 47.8 Å². The molecule has 1 unspecified atom stereocenters. The number of nitrogen functional groups attached to an aromatic ring is 1. The molecule has 116 valence electrons. The van der Waals surface area contributed by atoms with Gasteiger partial charge in [-0.1, -0.05) is 18.2 Å². The van der Waals surface area contributed by atoms with E-state index in [0.717, 1.165) is 5.56 Å². The molecule has 2 rings (SSSR count). The van der Waals surface area contributed by atoms with Gasteiger partial charge < -0.3 is 22.9 Å². The Bertz CT molecular complexity index is 490. The van der Waals surface area contributed by atoms with Gasteiger partial charge in [-0.15, -0.1) is 49.6 Å². The standard InChI is InChI=1S/C12H16N4.4ClH/c13-9-3-1-2-8(6-9)12(16)5-4-10(14)11(15)7-12;;;;/h1-6H,7,13-16H2;4*1H. The van der Waals surface area contributed by atoms with Gasteiger partial charge >= 0.3 is 0 Å². The molecular formula is C12H20Cl4N4. The number of hydrogen-bond acceptors (Lipinski definition) is 4. The van der Waals surface area contributed by atoms with Gasteiger partial charge in [0.05, 0.1) is 11.2 Å². The summed E-state index contributed by atoms with van der Waals surface area (Å²) in [4.78, 5) is 0. The van der Waals surface area contributed by atoms with Crippen LogP contribution in [-0.2, 0) is 5.54 Å². The third kappa shape index (κ3) is 4.96. The molecule has 0 amide bonds. The summed E-state index contributed by atoms with van der Waals surface area (Å²) in [5.74, 6) is 0. The molecule has 0 heterocycles. The zero-order valence-electron chi connectivity index (χ0n) is 10.6. The second-order valence-electron chi connectivity index (χ2n) is 4.16. The highest BCUT2D eigenvalue weighted by molar-refractivity contribution is 5.86. The number of anilines is 1. The van der Waals surface area contributed by atoms with Crippen molar-refractivity contribution in [2.24, 2.45) is 17.2 Å². The van der Waals surface area contributed by atoms with Crippen LogP contribution in [0.1, 0.15) is 12.0 Å². The lowest BCUT2D eigenvalue weighted by Gasteiger charge is -2.30. The molecule has 8 heteroatoms. The predicted octanol–water partition coefficient (Wildman–Crippen LogP) is 2.20. The molecule has 0 spiro atoms. The number of benzene rings is 1. The lowest BCUT2D eigenvalue weighted by molar-refractivity contribution is 0.541. The molecule has 0 saturated carbocycles. The highest BCUT2D eigenvalue weighted by atomic mass is 35.5. The maximum absolute atomic E-state index is 6.29. The van der Waals surface area contributed by atoms with E-state index in [1.165, 1.54) is 0 Å². The van der Waals surface area contributed by atoms with Gasteiger partial charge in [0.2, 0.25) is 0 Å². The summed E-state index contributed by atoms with van der Waals surface area (Å²) < 4.78 is 0. The highest BCUT2D eigenvalue weighted by Crippen LogP contribution is 2.30. The molecule has 1 aromatic carbocycles. The minimum Gasteiger partial charge on any atom is -0.400 e. The second-order valence-corrected chi connectivity index (χ2v) is 4.16. The van der Waals surface area contributed by atoms with Gasteiger partial charge in [-0.3, -0.25) is 0 Å². The van der Waals surface area contributed by atoms with Crippen LogP contribution in [0, 0.1) is 0 Å². The van der Waals surface area contributed by atoms with Crippen molar-refractivity contribution >= 4 is 55.3 Å². The van der Waals surface area contributed by atoms with Crippen LogP contribution in [0.5, 0.6) is 0 Å². The summed E-state index contributed by atoms with van der Waals surface area (Å²) in [5.41, 5.74) is 25.8. The van der Waals surface area contributed by atoms with Crippen molar-refractivity contribution < 1.29 is 0 Å². The van der Waals surface area contributed by atoms with Crippen LogP contribution in [0.4, 0.5) is 5.69 Å². The highest BCUT2D eigenvalue weighted by Gasteiger charge is 2.28. The van der Waals surface area contributed by atoms with E-state index in [1.807, 2.05) is 30.3 Å². The molecule has 1 aliphatic rings. The molecule has 1 atom stereocenters. The van der Waals surface area contributed by atoms with Gasteiger partial charge in [0.25, 0.3) is 0 Å². The zero-order chi connectivity index (χ0) is 11.8. The first-order chi connectivity index (χ1) is 7.51. The number of hydrogen-bond donors (Lipinski definition) is 4. The predicted molar refractivity (Wildman–Crippen MR) is 94.9 cm³/mol. The molecule has 0 bridgehead atoms. The number of halogens is 4. The minimum atomic E-state index is -0.609. The summed E-state index contributed by atoms with van der Waals surface area (Å²) in [7, 11) is 0. The first-order valence-corrected chi connectivity index (χ1v) is 5.09. The van der Waals surface area contributed by atoms with Crippen LogP contribution in [0.2, 0.25) is 0 Å². The summed E-state index contributed by atoms with van der Waals surface area (Å²) in [6, 6.07) is 7.51. The van der Waals surface area contributed by atoms with Crippen molar-refractivity contribution in [1.29, 1.82) is 0 Å². The van der Waals surface area contributed by atoms with E-state index in [4.69, 9.17) is 22.9 Å². The van der Waals surface area contributed by atoms with E-state index in [1.54, 1.807) is 6.08 Å². The second kappa shape index (κ2) is 9.21. The molecule has 1 aliphatic carbocycles. The topological polar surface area (TPSA) is 104 Å². The zero-order valence-corrected chi connectivity index (χ0v) is 13.9. The minimum absolute atomic E-state index is 0. The molecule has 0 aliphatic heterocycles. The lowest BCUT2D eigenvalue weighted by atomic mass is 9.83. The van der Waals surface area contributed by atoms with E-state index in [2.05, 4.69) is 0 Å². The Morgan fingerprint density at radius 3 is 2.05 bits per heavy atom. The molecule has 8 N–H and O–H groups in total. The Morgan fingerprint density at radius 1 is 0.950 bits per heavy atom. The average molecular weight is 362 g/mol. The van der Waals surface area contributed by atoms with Gasteiger partial charge in [-0.25, -0.2) is 0 Å². The fourth-order valence-electron chi connectivity index (χ4n) is 1.85. The van der Waals surface area contributed by atoms with Gasteiger partial charge in [0, 0.05) is 17.8 Å². The lowest BCUT2D eigenvalue weighted by Crippen LogP contribution is -2.38. The fraction of sp³-hybridized carbons (Fsp3) is 0.167. The first-order valence-electron chi connectivity index (χ1n) is 5.09. The Morgan fingerprint density at radius 2 is 1.55 bits per heavy atom. The summed E-state index contributed by atoms with van der Waals surface area (Å²) in [6.07, 6.45) is 4.13. The largest absolute Gasteiger partial charge is 0.400 e. The van der Waals surface area contributed by atoms with E-state index < -0.39 is 5.54 Å². The SMILES string of the molecule is Cl.Cl.Cl.Cl.NC1=C(N)CC(N)(c2cccc(N)c2)C=C1. The van der Waals surface area contributed by atoms with Crippen molar-refractivity contribution in [3.05, 3.63) is 53.4 Å². The third-order valence-corrected chi connectivity index (χ3v) is 2.84. The smallest absolute Gasteiger partial charge is 0.0655 e. The van der Waals surface area contributed by atoms with E-state index in [0.29, 0.717) is 23.5 Å². The Labute approximate surface area is 143 Å². The molecular weight excluding hydrogens is 342 g/mol. The number of rotatable bonds is 1. The molecule has 0 aromatic heterocycles. The fourth-order valence-corrected chi connectivity index (χ4v) is 1.85. The Balaban J connectivity index is -0.000000722. The van der Waals surface area contributed by atoms with Gasteiger partial charge in [0.1, 0.15) is 0 Å². The van der Waals surface area contributed by atoms with Crippen molar-refractivity contribution in [3.8, 4) is 0 Å². The van der Waals surface area contributed by atoms with Crippen molar-refractivity contribution in [3.63, 3.8) is 0 Å². The van der Waals surface area contributed by atoms with Crippen LogP contribution in [0.3, 0.4) is 0 Å². The molecule has 0 saturated heterocycles. The average Bonchev–Trinajstić information content (AvgIpc) is 2.24. The Kier molecular flexibility index (Phi) is 11.2. The maximum atomic E-state index is 6.29. The molecule has 1 aromatic rings. The van der Waals surface area contributed by atoms with E-state index >= 15 is 0 Å². The monoisotopic (exact) mass is 360 g/mol. The number of allylic oxidation sites excluding steroid dienone is 1. The van der Waals surface area contributed by atoms with Gasteiger partial charge in [-0.05, 0) is 23.8 Å². The first kappa shape index (κ1) is 24.3. The van der Waals surface area contributed by atoms with Crippen LogP contribution in [0.25, 0.3) is 0 Å². The molecule has 4 nitrogen and oxygen atoms in total. The quantitative estimate of drug-likeness (QED) is 0.575. The summed E-state index contributed by atoms with van der Waals surface area (Å²) in [6.45, 7) is 0. The normalized spacial score (nSPS) is 19.9. The summed E-state index contributed by atoms with van der Waals surface area (Å²) >= 11 is 0. The van der Waals surface area contributed by atoms with Crippen molar-refractivity contribution in [2.45, 2.75) is 12.0 Å². The third-order valence-electron chi connectivity index (χ3n) is 2.84. The van der Waals surface area contributed by atoms with Crippen molar-refractivity contribution in [2.75, 3.05) is 5.73 Å². The summed E-state index contributed by atoms with van der Waals surface area (Å²) in [5, 5.41) is 0. The van der Waals surface area contributed by atoms with Gasteiger partial charge in [0.15, 0.2) is 0 Å². The maximum Gasteiger partial charge on any atom is 0.0655 e. The molecule has 0 fully saturated rings. The van der Waals surface area contributed by atoms with E-state index in [9.17, 15) is 0 Å². The van der Waals surface area contributed by atoms with Crippen molar-refractivity contribution in [1.82, 2.24) is 0 Å². The van der Waals surface area contributed by atoms with Gasteiger partial charge in [-0.2, -0.15) is 0 Å². The Hall–Kier alpha value is -0.780. The molecule has 0 radical (unpaired) electrons. The van der Waals surface area contributed by atoms with Crippen LogP contribution < -0.4 is 22.9 Å².